The van der Waals surface area contributed by atoms with E-state index in [4.69, 9.17) is 0 Å². The van der Waals surface area contributed by atoms with Crippen LogP contribution >= 0.6 is 0 Å². The number of likely N-dealkylation sites (tertiary alicyclic amines) is 1. The maximum atomic E-state index is 12.6. The molecule has 4 heteroatoms. The Labute approximate surface area is 162 Å². The van der Waals surface area contributed by atoms with Gasteiger partial charge in [0, 0.05) is 13.1 Å². The third kappa shape index (κ3) is 4.89. The number of hydrogen-bond acceptors (Lipinski definition) is 2. The Morgan fingerprint density at radius 2 is 1.70 bits per heavy atom. The third-order valence-corrected chi connectivity index (χ3v) is 5.64. The zero-order valence-corrected chi connectivity index (χ0v) is 16.3. The maximum Gasteiger partial charge on any atom is 0.317 e. The average Bonchev–Trinajstić information content (AvgIpc) is 2.74. The molecular formula is C23H30N2O2. The first-order valence-electron chi connectivity index (χ1n) is 9.95. The number of piperidine rings is 1. The maximum absolute atomic E-state index is 12.6. The molecule has 1 saturated heterocycles. The summed E-state index contributed by atoms with van der Waals surface area (Å²) in [6, 6.07) is 18.2. The highest BCUT2D eigenvalue weighted by atomic mass is 16.3. The Morgan fingerprint density at radius 3 is 2.30 bits per heavy atom. The van der Waals surface area contributed by atoms with E-state index < -0.39 is 6.10 Å². The number of aliphatic hydroxyl groups is 1. The number of benzene rings is 2. The van der Waals surface area contributed by atoms with Gasteiger partial charge in [0.2, 0.25) is 0 Å². The molecule has 2 aromatic rings. The second-order valence-corrected chi connectivity index (χ2v) is 7.45. The standard InChI is InChI=1S/C23H30N2O2/c1-3-18-9-11-19(12-10-18)17(2)24-23(27)25-15-13-21(14-16-25)22(26)20-7-5-4-6-8-20/h4-12,17,21-22,26H,3,13-16H2,1-2H3,(H,24,27). The Kier molecular flexibility index (Phi) is 6.51. The summed E-state index contributed by atoms with van der Waals surface area (Å²) in [5, 5.41) is 13.7. The molecule has 144 valence electrons. The van der Waals surface area contributed by atoms with Crippen LogP contribution in [0.5, 0.6) is 0 Å². The van der Waals surface area contributed by atoms with E-state index in [1.807, 2.05) is 42.2 Å². The highest BCUT2D eigenvalue weighted by Crippen LogP contribution is 2.30. The van der Waals surface area contributed by atoms with Gasteiger partial charge in [-0.2, -0.15) is 0 Å². The van der Waals surface area contributed by atoms with E-state index in [0.29, 0.717) is 13.1 Å². The minimum absolute atomic E-state index is 0.0176. The van der Waals surface area contributed by atoms with E-state index in [-0.39, 0.29) is 18.0 Å². The first-order valence-corrected chi connectivity index (χ1v) is 9.95. The van der Waals surface area contributed by atoms with E-state index in [0.717, 1.165) is 30.4 Å². The summed E-state index contributed by atoms with van der Waals surface area (Å²) in [6.07, 6.45) is 2.21. The lowest BCUT2D eigenvalue weighted by molar-refractivity contribution is 0.0662. The summed E-state index contributed by atoms with van der Waals surface area (Å²) < 4.78 is 0. The van der Waals surface area contributed by atoms with Crippen molar-refractivity contribution in [2.45, 2.75) is 45.3 Å². The van der Waals surface area contributed by atoms with Crippen molar-refractivity contribution in [3.05, 3.63) is 71.3 Å². The molecule has 1 aliphatic heterocycles. The zero-order chi connectivity index (χ0) is 19.2. The molecule has 2 aromatic carbocycles. The van der Waals surface area contributed by atoms with Crippen molar-refractivity contribution in [2.75, 3.05) is 13.1 Å². The van der Waals surface area contributed by atoms with Crippen LogP contribution in [0.4, 0.5) is 4.79 Å². The minimum atomic E-state index is -0.451. The zero-order valence-electron chi connectivity index (χ0n) is 16.3. The van der Waals surface area contributed by atoms with Crippen molar-refractivity contribution in [2.24, 2.45) is 5.92 Å². The lowest BCUT2D eigenvalue weighted by Gasteiger charge is -2.35. The fourth-order valence-electron chi connectivity index (χ4n) is 3.74. The van der Waals surface area contributed by atoms with Gasteiger partial charge in [-0.25, -0.2) is 4.79 Å². The molecule has 2 N–H and O–H groups in total. The number of aryl methyl sites for hydroxylation is 1. The summed E-state index contributed by atoms with van der Waals surface area (Å²) in [4.78, 5) is 14.5. The number of carbonyl (C=O) groups excluding carboxylic acids is 1. The topological polar surface area (TPSA) is 52.6 Å². The van der Waals surface area contributed by atoms with E-state index in [2.05, 4.69) is 36.5 Å². The van der Waals surface area contributed by atoms with Crippen LogP contribution in [0.2, 0.25) is 0 Å². The van der Waals surface area contributed by atoms with Gasteiger partial charge in [0.15, 0.2) is 0 Å². The largest absolute Gasteiger partial charge is 0.388 e. The van der Waals surface area contributed by atoms with Crippen LogP contribution in [0.1, 0.15) is 55.5 Å². The predicted octanol–water partition coefficient (Wildman–Crippen LogP) is 4.47. The van der Waals surface area contributed by atoms with Gasteiger partial charge in [-0.15, -0.1) is 0 Å². The molecule has 2 amide bonds. The van der Waals surface area contributed by atoms with Crippen molar-refractivity contribution in [1.29, 1.82) is 0 Å². The van der Waals surface area contributed by atoms with Crippen LogP contribution in [0.15, 0.2) is 54.6 Å². The van der Waals surface area contributed by atoms with E-state index in [1.165, 1.54) is 5.56 Å². The van der Waals surface area contributed by atoms with Gasteiger partial charge in [0.25, 0.3) is 0 Å². The van der Waals surface area contributed by atoms with Gasteiger partial charge in [-0.1, -0.05) is 61.5 Å². The average molecular weight is 367 g/mol. The van der Waals surface area contributed by atoms with Crippen molar-refractivity contribution in [1.82, 2.24) is 10.2 Å². The second kappa shape index (κ2) is 9.05. The summed E-state index contributed by atoms with van der Waals surface area (Å²) in [6.45, 7) is 5.52. The van der Waals surface area contributed by atoms with Gasteiger partial charge in [-0.05, 0) is 48.8 Å². The summed E-state index contributed by atoms with van der Waals surface area (Å²) in [7, 11) is 0. The summed E-state index contributed by atoms with van der Waals surface area (Å²) in [5.74, 6) is 0.204. The van der Waals surface area contributed by atoms with Gasteiger partial charge in [-0.3, -0.25) is 0 Å². The number of urea groups is 1. The number of hydrogen-bond donors (Lipinski definition) is 2. The second-order valence-electron chi connectivity index (χ2n) is 7.45. The van der Waals surface area contributed by atoms with Crippen molar-refractivity contribution < 1.29 is 9.90 Å². The third-order valence-electron chi connectivity index (χ3n) is 5.64. The number of rotatable bonds is 5. The van der Waals surface area contributed by atoms with Crippen LogP contribution < -0.4 is 5.32 Å². The number of carbonyl (C=O) groups is 1. The highest BCUT2D eigenvalue weighted by molar-refractivity contribution is 5.74. The van der Waals surface area contributed by atoms with E-state index in [9.17, 15) is 9.90 Å². The highest BCUT2D eigenvalue weighted by Gasteiger charge is 2.28. The molecule has 27 heavy (non-hydrogen) atoms. The van der Waals surface area contributed by atoms with Crippen molar-refractivity contribution in [3.63, 3.8) is 0 Å². The first kappa shape index (κ1) is 19.4. The summed E-state index contributed by atoms with van der Waals surface area (Å²) >= 11 is 0. The van der Waals surface area contributed by atoms with Crippen LogP contribution in [0, 0.1) is 5.92 Å². The molecule has 0 aromatic heterocycles. The smallest absolute Gasteiger partial charge is 0.317 e. The van der Waals surface area contributed by atoms with Crippen LogP contribution in [-0.4, -0.2) is 29.1 Å². The number of aliphatic hydroxyl groups excluding tert-OH is 1. The predicted molar refractivity (Wildman–Crippen MR) is 108 cm³/mol. The first-order chi connectivity index (χ1) is 13.1. The molecule has 0 radical (unpaired) electrons. The van der Waals surface area contributed by atoms with E-state index in [1.54, 1.807) is 0 Å². The fourth-order valence-corrected chi connectivity index (χ4v) is 3.74. The molecule has 4 nitrogen and oxygen atoms in total. The van der Waals surface area contributed by atoms with Crippen LogP contribution in [-0.2, 0) is 6.42 Å². The Bertz CT molecular complexity index is 722. The Morgan fingerprint density at radius 1 is 1.07 bits per heavy atom. The SMILES string of the molecule is CCc1ccc(C(C)NC(=O)N2CCC(C(O)c3ccccc3)CC2)cc1. The monoisotopic (exact) mass is 366 g/mol. The molecule has 0 spiro atoms. The summed E-state index contributed by atoms with van der Waals surface area (Å²) in [5.41, 5.74) is 3.39. The molecular weight excluding hydrogens is 336 g/mol. The normalized spacial score (nSPS) is 17.4. The Balaban J connectivity index is 1.50. The van der Waals surface area contributed by atoms with Gasteiger partial charge in [0.05, 0.1) is 12.1 Å². The molecule has 2 atom stereocenters. The van der Waals surface area contributed by atoms with Gasteiger partial charge < -0.3 is 15.3 Å². The lowest BCUT2D eigenvalue weighted by Crippen LogP contribution is -2.45. The minimum Gasteiger partial charge on any atom is -0.388 e. The van der Waals surface area contributed by atoms with Gasteiger partial charge in [0.1, 0.15) is 0 Å². The van der Waals surface area contributed by atoms with E-state index >= 15 is 0 Å². The molecule has 1 aliphatic rings. The van der Waals surface area contributed by atoms with Crippen molar-refractivity contribution >= 4 is 6.03 Å². The van der Waals surface area contributed by atoms with Crippen molar-refractivity contribution in [3.8, 4) is 0 Å². The van der Waals surface area contributed by atoms with Gasteiger partial charge >= 0.3 is 6.03 Å². The lowest BCUT2D eigenvalue weighted by atomic mass is 9.87. The number of nitrogens with zero attached hydrogens (tertiary/aromatic N) is 1. The van der Waals surface area contributed by atoms with Crippen LogP contribution in [0.25, 0.3) is 0 Å². The molecule has 2 unspecified atom stereocenters. The molecule has 0 saturated carbocycles. The quantitative estimate of drug-likeness (QED) is 0.820. The molecule has 3 rings (SSSR count). The molecule has 0 aliphatic carbocycles. The number of nitrogens with one attached hydrogen (secondary N) is 1. The number of amides is 2. The van der Waals surface area contributed by atoms with Crippen LogP contribution in [0.3, 0.4) is 0 Å². The molecule has 0 bridgehead atoms. The molecule has 1 fully saturated rings. The molecule has 1 heterocycles. The Hall–Kier alpha value is -2.33. The fraction of sp³-hybridized carbons (Fsp3) is 0.435.